The Labute approximate surface area is 188 Å². The topological polar surface area (TPSA) is 163 Å². The van der Waals surface area contributed by atoms with Crippen molar-refractivity contribution in [3.8, 4) is 0 Å². The maximum absolute atomic E-state index is 14.8. The van der Waals surface area contributed by atoms with Gasteiger partial charge in [0, 0.05) is 12.8 Å². The number of carboxylic acids is 2. The van der Waals surface area contributed by atoms with Crippen LogP contribution in [0.25, 0.3) is 11.2 Å². The molecule has 0 radical (unpaired) electrons. The van der Waals surface area contributed by atoms with E-state index in [-0.39, 0.29) is 28.7 Å². The van der Waals surface area contributed by atoms with Gasteiger partial charge in [0.15, 0.2) is 17.7 Å². The van der Waals surface area contributed by atoms with Gasteiger partial charge in [-0.25, -0.2) is 19.0 Å². The molecule has 0 aromatic carbocycles. The summed E-state index contributed by atoms with van der Waals surface area (Å²) < 4.78 is 27.2. The number of imidazole rings is 1. The molecule has 32 heavy (non-hydrogen) atoms. The van der Waals surface area contributed by atoms with Crippen LogP contribution in [0.1, 0.15) is 18.2 Å². The number of nitrogen functional groups attached to an aromatic ring is 1. The summed E-state index contributed by atoms with van der Waals surface area (Å²) in [6.07, 6.45) is -2.88. The van der Waals surface area contributed by atoms with E-state index in [1.165, 1.54) is 22.2 Å². The van der Waals surface area contributed by atoms with Crippen LogP contribution in [0.2, 0.25) is 5.28 Å². The number of rotatable bonds is 8. The summed E-state index contributed by atoms with van der Waals surface area (Å²) in [6.45, 7) is -0.454. The molecule has 4 heterocycles. The molecule has 3 atom stereocenters. The normalized spacial score (nSPS) is 21.2. The third kappa shape index (κ3) is 3.99. The van der Waals surface area contributed by atoms with Gasteiger partial charge in [-0.15, -0.1) is 0 Å². The molecule has 1 fully saturated rings. The first-order chi connectivity index (χ1) is 15.2. The third-order valence-corrected chi connectivity index (χ3v) is 5.97. The van der Waals surface area contributed by atoms with Crippen LogP contribution >= 0.6 is 22.9 Å². The van der Waals surface area contributed by atoms with Gasteiger partial charge < -0.3 is 25.4 Å². The second-order valence-corrected chi connectivity index (χ2v) is 8.28. The van der Waals surface area contributed by atoms with Gasteiger partial charge >= 0.3 is 11.9 Å². The Bertz CT molecular complexity index is 1140. The number of halogens is 2. The average Bonchev–Trinajstić information content (AvgIpc) is 3.44. The molecule has 0 bridgehead atoms. The molecule has 0 spiro atoms. The number of nitrogens with zero attached hydrogens (tertiary/aromatic N) is 4. The lowest BCUT2D eigenvalue weighted by molar-refractivity contribution is -0.188. The SMILES string of the molecule is Nc1nc(Cl)nc2c1ncn2[C@@H]1O[C@H](COC(Cc2ccsc2)(C(=O)O)C(=O)O)C[C@@H]1F. The van der Waals surface area contributed by atoms with Crippen molar-refractivity contribution in [1.29, 1.82) is 0 Å². The molecule has 3 aromatic heterocycles. The highest BCUT2D eigenvalue weighted by Gasteiger charge is 2.50. The molecule has 3 aromatic rings. The molecule has 4 rings (SSSR count). The Kier molecular flexibility index (Phi) is 5.99. The first-order valence-electron chi connectivity index (χ1n) is 9.28. The fourth-order valence-corrected chi connectivity index (χ4v) is 4.32. The van der Waals surface area contributed by atoms with Crippen LogP contribution in [0.5, 0.6) is 0 Å². The highest BCUT2D eigenvalue weighted by Crippen LogP contribution is 2.35. The van der Waals surface area contributed by atoms with E-state index in [1.807, 2.05) is 0 Å². The van der Waals surface area contributed by atoms with Crippen LogP contribution < -0.4 is 5.73 Å². The van der Waals surface area contributed by atoms with Crippen molar-refractivity contribution in [3.05, 3.63) is 34.0 Å². The number of fused-ring (bicyclic) bond motifs is 1. The van der Waals surface area contributed by atoms with Gasteiger partial charge in [0.05, 0.1) is 19.0 Å². The molecule has 11 nitrogen and oxygen atoms in total. The summed E-state index contributed by atoms with van der Waals surface area (Å²) in [5.74, 6) is -3.30. The molecule has 1 aliphatic rings. The second-order valence-electron chi connectivity index (χ2n) is 7.16. The fourth-order valence-electron chi connectivity index (χ4n) is 3.48. The van der Waals surface area contributed by atoms with Crippen molar-refractivity contribution < 1.29 is 33.7 Å². The summed E-state index contributed by atoms with van der Waals surface area (Å²) in [6, 6.07) is 1.61. The Hall–Kier alpha value is -2.87. The molecule has 1 saturated heterocycles. The number of carbonyl (C=O) groups is 2. The van der Waals surface area contributed by atoms with Gasteiger partial charge in [-0.2, -0.15) is 21.3 Å². The zero-order valence-corrected chi connectivity index (χ0v) is 17.8. The summed E-state index contributed by atoms with van der Waals surface area (Å²) in [7, 11) is 0. The number of carboxylic acid groups (broad SMARTS) is 2. The van der Waals surface area contributed by atoms with Crippen molar-refractivity contribution in [2.45, 2.75) is 36.9 Å². The lowest BCUT2D eigenvalue weighted by atomic mass is 9.96. The number of anilines is 1. The first kappa shape index (κ1) is 22.3. The molecule has 0 aliphatic carbocycles. The predicted molar refractivity (Wildman–Crippen MR) is 110 cm³/mol. The van der Waals surface area contributed by atoms with Crippen molar-refractivity contribution in [2.75, 3.05) is 12.3 Å². The van der Waals surface area contributed by atoms with Crippen molar-refractivity contribution in [2.24, 2.45) is 0 Å². The predicted octanol–water partition coefficient (Wildman–Crippen LogP) is 1.92. The zero-order valence-electron chi connectivity index (χ0n) is 16.2. The van der Waals surface area contributed by atoms with E-state index in [0.717, 1.165) is 0 Å². The summed E-state index contributed by atoms with van der Waals surface area (Å²) in [5.41, 5.74) is 4.10. The number of hydrogen-bond acceptors (Lipinski definition) is 9. The van der Waals surface area contributed by atoms with E-state index in [4.69, 9.17) is 26.8 Å². The number of hydrogen-bond donors (Lipinski definition) is 3. The fraction of sp³-hybridized carbons (Fsp3) is 0.389. The van der Waals surface area contributed by atoms with Crippen molar-refractivity contribution in [3.63, 3.8) is 0 Å². The lowest BCUT2D eigenvalue weighted by Gasteiger charge is -2.26. The van der Waals surface area contributed by atoms with Crippen LogP contribution in [0.4, 0.5) is 10.2 Å². The highest BCUT2D eigenvalue weighted by molar-refractivity contribution is 7.07. The molecule has 0 unspecified atom stereocenters. The summed E-state index contributed by atoms with van der Waals surface area (Å²) in [5, 5.41) is 22.4. The number of thiophene rings is 1. The number of ether oxygens (including phenoxy) is 2. The Morgan fingerprint density at radius 2 is 2.16 bits per heavy atom. The van der Waals surface area contributed by atoms with E-state index in [9.17, 15) is 24.2 Å². The molecular formula is C18H17ClFN5O6S. The average molecular weight is 486 g/mol. The van der Waals surface area contributed by atoms with Crippen LogP contribution in [0.15, 0.2) is 23.2 Å². The van der Waals surface area contributed by atoms with Gasteiger partial charge in [-0.05, 0) is 34.0 Å². The monoisotopic (exact) mass is 485 g/mol. The van der Waals surface area contributed by atoms with Crippen LogP contribution in [-0.2, 0) is 25.5 Å². The molecule has 170 valence electrons. The first-order valence-corrected chi connectivity index (χ1v) is 10.6. The minimum Gasteiger partial charge on any atom is -0.479 e. The smallest absolute Gasteiger partial charge is 0.348 e. The number of alkyl halides is 1. The van der Waals surface area contributed by atoms with E-state index in [1.54, 1.807) is 16.8 Å². The van der Waals surface area contributed by atoms with Crippen LogP contribution in [-0.4, -0.2) is 66.2 Å². The highest BCUT2D eigenvalue weighted by atomic mass is 35.5. The van der Waals surface area contributed by atoms with Gasteiger partial charge in [-0.1, -0.05) is 0 Å². The Morgan fingerprint density at radius 3 is 2.81 bits per heavy atom. The second kappa shape index (κ2) is 8.58. The summed E-state index contributed by atoms with van der Waals surface area (Å²) in [4.78, 5) is 35.6. The van der Waals surface area contributed by atoms with Crippen molar-refractivity contribution in [1.82, 2.24) is 19.5 Å². The third-order valence-electron chi connectivity index (χ3n) is 5.06. The maximum atomic E-state index is 14.8. The molecule has 14 heteroatoms. The largest absolute Gasteiger partial charge is 0.479 e. The number of aliphatic carboxylic acids is 2. The number of aromatic nitrogens is 4. The van der Waals surface area contributed by atoms with Crippen molar-refractivity contribution >= 4 is 51.9 Å². The standard InChI is InChI=1S/C18H17ClFN5O6S/c19-17-23-12(21)11-13(24-17)25(7-22-11)14-10(20)3-9(31-14)5-30-18(15(26)27,16(28)29)4-8-1-2-32-6-8/h1-2,6-7,9-10,14H,3-5H2,(H,26,27)(H,28,29)(H2,21,23,24)/t9-,10-,14+/m0/s1. The van der Waals surface area contributed by atoms with Crippen LogP contribution in [0, 0.1) is 0 Å². The Morgan fingerprint density at radius 1 is 1.41 bits per heavy atom. The van der Waals surface area contributed by atoms with E-state index in [0.29, 0.717) is 5.56 Å². The van der Waals surface area contributed by atoms with Gasteiger partial charge in [0.2, 0.25) is 5.28 Å². The van der Waals surface area contributed by atoms with Gasteiger partial charge in [0.1, 0.15) is 11.7 Å². The van der Waals surface area contributed by atoms with E-state index >= 15 is 0 Å². The van der Waals surface area contributed by atoms with Crippen LogP contribution in [0.3, 0.4) is 0 Å². The molecular weight excluding hydrogens is 469 g/mol. The minimum atomic E-state index is -2.54. The lowest BCUT2D eigenvalue weighted by Crippen LogP contribution is -2.52. The quantitative estimate of drug-likeness (QED) is 0.317. The zero-order chi connectivity index (χ0) is 23.0. The number of nitrogens with two attached hydrogens (primary N) is 1. The molecule has 0 amide bonds. The molecule has 0 saturated carbocycles. The Balaban J connectivity index is 1.52. The van der Waals surface area contributed by atoms with E-state index < -0.39 is 49.1 Å². The molecule has 1 aliphatic heterocycles. The van der Waals surface area contributed by atoms with E-state index in [2.05, 4.69) is 15.0 Å². The molecule has 4 N–H and O–H groups in total. The minimum absolute atomic E-state index is 0.0215. The summed E-state index contributed by atoms with van der Waals surface area (Å²) >= 11 is 7.13. The maximum Gasteiger partial charge on any atom is 0.348 e. The van der Waals surface area contributed by atoms with Gasteiger partial charge in [0.25, 0.3) is 5.60 Å². The van der Waals surface area contributed by atoms with Gasteiger partial charge in [-0.3, -0.25) is 4.57 Å².